The molecule has 0 atom stereocenters. The Morgan fingerprint density at radius 2 is 1.67 bits per heavy atom. The Morgan fingerprint density at radius 3 is 2.39 bits per heavy atom. The van der Waals surface area contributed by atoms with Gasteiger partial charge in [-0.1, -0.05) is 42.5 Å². The van der Waals surface area contributed by atoms with Crippen LogP contribution in [0.3, 0.4) is 0 Å². The highest BCUT2D eigenvalue weighted by atomic mass is 16.5. The lowest BCUT2D eigenvalue weighted by Crippen LogP contribution is -2.43. The van der Waals surface area contributed by atoms with Crippen molar-refractivity contribution in [2.75, 3.05) is 38.1 Å². The summed E-state index contributed by atoms with van der Waals surface area (Å²) in [6.07, 6.45) is 2.45. The normalized spacial score (nSPS) is 14.4. The van der Waals surface area contributed by atoms with Gasteiger partial charge in [-0.05, 0) is 63.9 Å². The van der Waals surface area contributed by atoms with E-state index in [1.54, 1.807) is 24.3 Å². The van der Waals surface area contributed by atoms with Crippen molar-refractivity contribution in [2.45, 2.75) is 45.8 Å². The second kappa shape index (κ2) is 14.4. The Hall–Kier alpha value is -3.23. The fraction of sp³-hybridized carbons (Fsp3) is 0.464. The summed E-state index contributed by atoms with van der Waals surface area (Å²) in [4.78, 5) is 39.9. The summed E-state index contributed by atoms with van der Waals surface area (Å²) in [5.74, 6) is -0.354. The van der Waals surface area contributed by atoms with Crippen molar-refractivity contribution in [1.82, 2.24) is 15.5 Å². The van der Waals surface area contributed by atoms with Gasteiger partial charge in [-0.3, -0.25) is 19.3 Å². The number of para-hydroxylation sites is 1. The summed E-state index contributed by atoms with van der Waals surface area (Å²) < 4.78 is 5.50. The second-order valence-corrected chi connectivity index (χ2v) is 9.38. The number of benzene rings is 2. The summed E-state index contributed by atoms with van der Waals surface area (Å²) in [7, 11) is 0. The van der Waals surface area contributed by atoms with E-state index in [1.165, 1.54) is 0 Å². The van der Waals surface area contributed by atoms with Gasteiger partial charge in [0.15, 0.2) is 0 Å². The molecule has 0 aromatic heterocycles. The molecular weight excluding hydrogens is 456 g/mol. The minimum absolute atomic E-state index is 0.0237. The Morgan fingerprint density at radius 1 is 0.972 bits per heavy atom. The van der Waals surface area contributed by atoms with Crippen LogP contribution < -0.4 is 16.0 Å². The van der Waals surface area contributed by atoms with Gasteiger partial charge in [-0.2, -0.15) is 0 Å². The van der Waals surface area contributed by atoms with Gasteiger partial charge < -0.3 is 20.7 Å². The summed E-state index contributed by atoms with van der Waals surface area (Å²) >= 11 is 0. The predicted molar refractivity (Wildman–Crippen MR) is 141 cm³/mol. The number of likely N-dealkylation sites (tertiary alicyclic amines) is 1. The molecule has 3 amide bonds. The van der Waals surface area contributed by atoms with Crippen LogP contribution in [0.1, 0.15) is 49.0 Å². The Kier molecular flexibility index (Phi) is 10.9. The van der Waals surface area contributed by atoms with Crippen molar-refractivity contribution in [1.29, 1.82) is 0 Å². The van der Waals surface area contributed by atoms with E-state index in [9.17, 15) is 14.4 Å². The van der Waals surface area contributed by atoms with Crippen molar-refractivity contribution in [3.63, 3.8) is 0 Å². The Balaban J connectivity index is 1.41. The Labute approximate surface area is 213 Å². The number of ether oxygens (including phenoxy) is 1. The highest BCUT2D eigenvalue weighted by Gasteiger charge is 2.26. The molecule has 2 aromatic carbocycles. The van der Waals surface area contributed by atoms with Crippen LogP contribution in [0.25, 0.3) is 0 Å². The first-order valence-corrected chi connectivity index (χ1v) is 12.7. The Bertz CT molecular complexity index is 988. The van der Waals surface area contributed by atoms with Crippen molar-refractivity contribution < 1.29 is 19.1 Å². The van der Waals surface area contributed by atoms with Gasteiger partial charge in [-0.15, -0.1) is 0 Å². The molecule has 1 aliphatic rings. The van der Waals surface area contributed by atoms with Gasteiger partial charge in [0.25, 0.3) is 5.91 Å². The molecule has 194 valence electrons. The number of rotatable bonds is 12. The van der Waals surface area contributed by atoms with Gasteiger partial charge in [-0.25, -0.2) is 0 Å². The first-order chi connectivity index (χ1) is 17.4. The fourth-order valence-electron chi connectivity index (χ4n) is 4.16. The molecule has 0 bridgehead atoms. The molecule has 0 spiro atoms. The first-order valence-electron chi connectivity index (χ1n) is 12.7. The first kappa shape index (κ1) is 27.4. The molecule has 8 nitrogen and oxygen atoms in total. The SMILES string of the molecule is CC(C)OCCCNC(=O)C1CCN(CC(=O)Nc2ccccc2C(=O)NCc2ccccc2)CC1. The minimum Gasteiger partial charge on any atom is -0.379 e. The molecule has 8 heteroatoms. The number of nitrogens with zero attached hydrogens (tertiary/aromatic N) is 1. The predicted octanol–water partition coefficient (Wildman–Crippen LogP) is 3.20. The smallest absolute Gasteiger partial charge is 0.253 e. The monoisotopic (exact) mass is 494 g/mol. The van der Waals surface area contributed by atoms with Gasteiger partial charge in [0.1, 0.15) is 0 Å². The van der Waals surface area contributed by atoms with E-state index < -0.39 is 0 Å². The summed E-state index contributed by atoms with van der Waals surface area (Å²) in [6.45, 7) is 7.25. The second-order valence-electron chi connectivity index (χ2n) is 9.38. The number of hydrogen-bond acceptors (Lipinski definition) is 5. The molecular formula is C28H38N4O4. The molecule has 1 aliphatic heterocycles. The van der Waals surface area contributed by atoms with E-state index in [4.69, 9.17) is 4.74 Å². The molecule has 2 aromatic rings. The quantitative estimate of drug-likeness (QED) is 0.394. The number of carbonyl (C=O) groups excluding carboxylic acids is 3. The van der Waals surface area contributed by atoms with Crippen molar-refractivity contribution in [2.24, 2.45) is 5.92 Å². The lowest BCUT2D eigenvalue weighted by molar-refractivity contribution is -0.126. The standard InChI is InChI=1S/C28H38N4O4/c1-21(2)36-18-8-15-29-27(34)23-13-16-32(17-14-23)20-26(33)31-25-12-7-6-11-24(25)28(35)30-19-22-9-4-3-5-10-22/h3-7,9-12,21,23H,8,13-20H2,1-2H3,(H,29,34)(H,30,35)(H,31,33). The average Bonchev–Trinajstić information content (AvgIpc) is 2.88. The third-order valence-corrected chi connectivity index (χ3v) is 6.14. The topological polar surface area (TPSA) is 99.8 Å². The summed E-state index contributed by atoms with van der Waals surface area (Å²) in [6, 6.07) is 16.7. The van der Waals surface area contributed by atoms with Crippen LogP contribution in [0.15, 0.2) is 54.6 Å². The van der Waals surface area contributed by atoms with E-state index in [0.29, 0.717) is 44.0 Å². The van der Waals surface area contributed by atoms with Crippen LogP contribution in [0.2, 0.25) is 0 Å². The zero-order valence-corrected chi connectivity index (χ0v) is 21.3. The fourth-order valence-corrected chi connectivity index (χ4v) is 4.16. The minimum atomic E-state index is -0.239. The largest absolute Gasteiger partial charge is 0.379 e. The maximum atomic E-state index is 12.7. The van der Waals surface area contributed by atoms with Gasteiger partial charge in [0.05, 0.1) is 23.9 Å². The van der Waals surface area contributed by atoms with Crippen LogP contribution in [0.4, 0.5) is 5.69 Å². The number of anilines is 1. The zero-order valence-electron chi connectivity index (χ0n) is 21.3. The molecule has 1 fully saturated rings. The number of nitrogens with one attached hydrogen (secondary N) is 3. The highest BCUT2D eigenvalue weighted by Crippen LogP contribution is 2.19. The lowest BCUT2D eigenvalue weighted by Gasteiger charge is -2.30. The molecule has 0 unspecified atom stereocenters. The third-order valence-electron chi connectivity index (χ3n) is 6.14. The van der Waals surface area contributed by atoms with Gasteiger partial charge in [0, 0.05) is 25.6 Å². The van der Waals surface area contributed by atoms with E-state index in [2.05, 4.69) is 16.0 Å². The van der Waals surface area contributed by atoms with Crippen LogP contribution >= 0.6 is 0 Å². The molecule has 0 saturated carbocycles. The number of hydrogen-bond donors (Lipinski definition) is 3. The zero-order chi connectivity index (χ0) is 25.8. The molecule has 3 rings (SSSR count). The number of carbonyl (C=O) groups is 3. The number of piperidine rings is 1. The molecule has 0 radical (unpaired) electrons. The van der Waals surface area contributed by atoms with Crippen LogP contribution in [-0.2, 0) is 20.9 Å². The van der Waals surface area contributed by atoms with Crippen LogP contribution in [0, 0.1) is 5.92 Å². The van der Waals surface area contributed by atoms with Gasteiger partial charge >= 0.3 is 0 Å². The number of amides is 3. The molecule has 3 N–H and O–H groups in total. The highest BCUT2D eigenvalue weighted by molar-refractivity contribution is 6.04. The lowest BCUT2D eigenvalue weighted by atomic mass is 9.96. The average molecular weight is 495 g/mol. The van der Waals surface area contributed by atoms with Crippen LogP contribution in [0.5, 0.6) is 0 Å². The third kappa shape index (κ3) is 9.09. The van der Waals surface area contributed by atoms with Crippen molar-refractivity contribution in [3.8, 4) is 0 Å². The molecule has 0 aliphatic carbocycles. The van der Waals surface area contributed by atoms with Gasteiger partial charge in [0.2, 0.25) is 11.8 Å². The van der Waals surface area contributed by atoms with E-state index in [0.717, 1.165) is 24.8 Å². The molecule has 36 heavy (non-hydrogen) atoms. The summed E-state index contributed by atoms with van der Waals surface area (Å²) in [5, 5.41) is 8.79. The maximum Gasteiger partial charge on any atom is 0.253 e. The van der Waals surface area contributed by atoms with E-state index in [-0.39, 0.29) is 36.3 Å². The summed E-state index contributed by atoms with van der Waals surface area (Å²) in [5.41, 5.74) is 1.92. The van der Waals surface area contributed by atoms with E-state index in [1.807, 2.05) is 49.1 Å². The van der Waals surface area contributed by atoms with Crippen molar-refractivity contribution in [3.05, 3.63) is 65.7 Å². The maximum absolute atomic E-state index is 12.7. The van der Waals surface area contributed by atoms with E-state index >= 15 is 0 Å². The molecule has 1 heterocycles. The van der Waals surface area contributed by atoms with Crippen LogP contribution in [-0.4, -0.2) is 61.5 Å². The van der Waals surface area contributed by atoms with Crippen molar-refractivity contribution >= 4 is 23.4 Å². The molecule has 1 saturated heterocycles.